The molecule has 10 N–H and O–H groups in total. The van der Waals surface area contributed by atoms with Gasteiger partial charge in [0.1, 0.15) is 18.6 Å². The summed E-state index contributed by atoms with van der Waals surface area (Å²) in [6.07, 6.45) is 6.64. The largest absolute Gasteiger partial charge is 0.480 e. The number of carbonyl (C=O) groups excluding carboxylic acids is 3. The van der Waals surface area contributed by atoms with Crippen LogP contribution in [0.3, 0.4) is 0 Å². The monoisotopic (exact) mass is 526 g/mol. The molecule has 13 nitrogen and oxygen atoms in total. The van der Waals surface area contributed by atoms with Crippen LogP contribution >= 0.6 is 0 Å². The lowest BCUT2D eigenvalue weighted by Crippen LogP contribution is -2.57. The summed E-state index contributed by atoms with van der Waals surface area (Å²) in [6.45, 7) is -0.122. The number of para-hydroxylation sites is 1. The maximum Gasteiger partial charge on any atom is 0.322 e. The first-order valence-electron chi connectivity index (χ1n) is 12.4. The number of fused-ring (bicyclic) bond motifs is 1. The van der Waals surface area contributed by atoms with Crippen molar-refractivity contribution in [3.63, 3.8) is 0 Å². The molecular formula is C25H34N8O5. The number of carboxylic acid groups (broad SMARTS) is 1. The van der Waals surface area contributed by atoms with E-state index in [0.29, 0.717) is 25.1 Å². The number of amides is 3. The van der Waals surface area contributed by atoms with Crippen molar-refractivity contribution in [3.05, 3.63) is 54.2 Å². The number of benzene rings is 1. The standard InChI is InChI=1S/C25H34N8O5/c26-8-4-3-6-18(27)23(36)32-20(9-15-11-29-19-7-2-1-5-17(15)19)25(38)33-21(10-16-12-28-14-31-16)24(37)30-13-22(34)35/h1-2,5,7,11-12,14,18,20-21,29H,3-4,6,8-10,13,26-27H2,(H,28,31)(H,30,37)(H,32,36)(H,33,38)(H,34,35). The average molecular weight is 527 g/mol. The van der Waals surface area contributed by atoms with Crippen molar-refractivity contribution >= 4 is 34.6 Å². The van der Waals surface area contributed by atoms with E-state index in [1.807, 2.05) is 24.3 Å². The average Bonchev–Trinajstić information content (AvgIpc) is 3.56. The predicted octanol–water partition coefficient (Wildman–Crippen LogP) is -0.697. The summed E-state index contributed by atoms with van der Waals surface area (Å²) in [7, 11) is 0. The quantitative estimate of drug-likeness (QED) is 0.118. The highest BCUT2D eigenvalue weighted by atomic mass is 16.4. The van der Waals surface area contributed by atoms with Gasteiger partial charge >= 0.3 is 5.97 Å². The summed E-state index contributed by atoms with van der Waals surface area (Å²) < 4.78 is 0. The minimum atomic E-state index is -1.22. The van der Waals surface area contributed by atoms with Crippen LogP contribution < -0.4 is 27.4 Å². The molecule has 0 aliphatic heterocycles. The third kappa shape index (κ3) is 8.15. The van der Waals surface area contributed by atoms with Crippen molar-refractivity contribution in [1.29, 1.82) is 0 Å². The molecular weight excluding hydrogens is 492 g/mol. The predicted molar refractivity (Wildman–Crippen MR) is 140 cm³/mol. The summed E-state index contributed by atoms with van der Waals surface area (Å²) in [5.74, 6) is -3.03. The Morgan fingerprint density at radius 3 is 2.42 bits per heavy atom. The lowest BCUT2D eigenvalue weighted by molar-refractivity contribution is -0.138. The Bertz CT molecular complexity index is 1230. The van der Waals surface area contributed by atoms with Gasteiger partial charge in [0, 0.05) is 41.8 Å². The van der Waals surface area contributed by atoms with Crippen molar-refractivity contribution in [2.45, 2.75) is 50.2 Å². The van der Waals surface area contributed by atoms with Gasteiger partial charge in [0.05, 0.1) is 12.4 Å². The zero-order chi connectivity index (χ0) is 27.5. The summed E-state index contributed by atoms with van der Waals surface area (Å²) >= 11 is 0. The van der Waals surface area contributed by atoms with Crippen LogP contribution in [0.5, 0.6) is 0 Å². The number of H-pyrrole nitrogens is 2. The second-order valence-electron chi connectivity index (χ2n) is 8.97. The number of aromatic nitrogens is 3. The molecule has 3 rings (SSSR count). The smallest absolute Gasteiger partial charge is 0.322 e. The van der Waals surface area contributed by atoms with Crippen LogP contribution in [0.2, 0.25) is 0 Å². The lowest BCUT2D eigenvalue weighted by atomic mass is 10.0. The highest BCUT2D eigenvalue weighted by Gasteiger charge is 2.29. The minimum absolute atomic E-state index is 0.0313. The fourth-order valence-electron chi connectivity index (χ4n) is 4.03. The van der Waals surface area contributed by atoms with E-state index >= 15 is 0 Å². The number of rotatable bonds is 15. The van der Waals surface area contributed by atoms with Crippen LogP contribution in [-0.4, -0.2) is 75.0 Å². The number of nitrogens with two attached hydrogens (primary N) is 2. The molecule has 0 radical (unpaired) electrons. The van der Waals surface area contributed by atoms with E-state index in [9.17, 15) is 19.2 Å². The molecule has 3 amide bonds. The van der Waals surface area contributed by atoms with Crippen molar-refractivity contribution < 1.29 is 24.3 Å². The van der Waals surface area contributed by atoms with Gasteiger partial charge in [-0.1, -0.05) is 24.6 Å². The number of nitrogens with zero attached hydrogens (tertiary/aromatic N) is 1. The molecule has 1 aromatic carbocycles. The van der Waals surface area contributed by atoms with E-state index in [1.165, 1.54) is 12.5 Å². The van der Waals surface area contributed by atoms with E-state index in [4.69, 9.17) is 16.6 Å². The molecule has 2 aromatic heterocycles. The minimum Gasteiger partial charge on any atom is -0.480 e. The summed E-state index contributed by atoms with van der Waals surface area (Å²) in [5, 5.41) is 17.5. The molecule has 13 heteroatoms. The van der Waals surface area contributed by atoms with Gasteiger partial charge in [-0.25, -0.2) is 4.98 Å². The van der Waals surface area contributed by atoms with Crippen molar-refractivity contribution in [2.75, 3.05) is 13.1 Å². The molecule has 0 spiro atoms. The number of nitrogens with one attached hydrogen (secondary N) is 5. The first kappa shape index (κ1) is 28.3. The Morgan fingerprint density at radius 2 is 1.71 bits per heavy atom. The van der Waals surface area contributed by atoms with Crippen LogP contribution in [0, 0.1) is 0 Å². The van der Waals surface area contributed by atoms with Gasteiger partial charge in [0.15, 0.2) is 0 Å². The molecule has 3 atom stereocenters. The first-order chi connectivity index (χ1) is 18.3. The van der Waals surface area contributed by atoms with Crippen molar-refractivity contribution in [2.24, 2.45) is 11.5 Å². The molecule has 0 aliphatic rings. The van der Waals surface area contributed by atoms with Crippen LogP contribution in [0.15, 0.2) is 43.0 Å². The van der Waals surface area contributed by atoms with Crippen LogP contribution in [-0.2, 0) is 32.0 Å². The van der Waals surface area contributed by atoms with Gasteiger partial charge in [-0.3, -0.25) is 19.2 Å². The van der Waals surface area contributed by atoms with Gasteiger partial charge < -0.3 is 42.5 Å². The number of hydrogen-bond donors (Lipinski definition) is 8. The topological polar surface area (TPSA) is 221 Å². The van der Waals surface area contributed by atoms with Crippen LogP contribution in [0.1, 0.15) is 30.5 Å². The molecule has 0 fully saturated rings. The zero-order valence-electron chi connectivity index (χ0n) is 20.9. The highest BCUT2D eigenvalue weighted by Crippen LogP contribution is 2.19. The van der Waals surface area contributed by atoms with Crippen molar-refractivity contribution in [1.82, 2.24) is 30.9 Å². The molecule has 38 heavy (non-hydrogen) atoms. The molecule has 0 aliphatic carbocycles. The normalized spacial score (nSPS) is 13.4. The Labute approximate surface area is 219 Å². The maximum absolute atomic E-state index is 13.5. The van der Waals surface area contributed by atoms with Gasteiger partial charge in [0.2, 0.25) is 17.7 Å². The Kier molecular flexibility index (Phi) is 10.4. The molecule has 3 aromatic rings. The van der Waals surface area contributed by atoms with Crippen LogP contribution in [0.4, 0.5) is 0 Å². The number of carbonyl (C=O) groups is 4. The van der Waals surface area contributed by atoms with E-state index < -0.39 is 48.4 Å². The Balaban J connectivity index is 1.80. The van der Waals surface area contributed by atoms with Gasteiger partial charge in [0.25, 0.3) is 0 Å². The summed E-state index contributed by atoms with van der Waals surface area (Å²) in [5.41, 5.74) is 13.8. The first-order valence-corrected chi connectivity index (χ1v) is 12.4. The number of carboxylic acids is 1. The fraction of sp³-hybridized carbons (Fsp3) is 0.400. The summed E-state index contributed by atoms with van der Waals surface area (Å²) in [4.78, 5) is 60.0. The van der Waals surface area contributed by atoms with Gasteiger partial charge in [-0.15, -0.1) is 0 Å². The third-order valence-corrected chi connectivity index (χ3v) is 6.06. The zero-order valence-corrected chi connectivity index (χ0v) is 20.9. The second kappa shape index (κ2) is 13.9. The third-order valence-electron chi connectivity index (χ3n) is 6.06. The van der Waals surface area contributed by atoms with Gasteiger partial charge in [-0.05, 0) is 31.0 Å². The SMILES string of the molecule is NCCCCC(N)C(=O)NC(Cc1c[nH]c2ccccc12)C(=O)NC(Cc1cnc[nH]1)C(=O)NCC(=O)O. The van der Waals surface area contributed by atoms with Crippen molar-refractivity contribution in [3.8, 4) is 0 Å². The van der Waals surface area contributed by atoms with E-state index in [0.717, 1.165) is 22.9 Å². The molecule has 3 unspecified atom stereocenters. The molecule has 204 valence electrons. The lowest BCUT2D eigenvalue weighted by Gasteiger charge is -2.24. The van der Waals surface area contributed by atoms with E-state index in [1.54, 1.807) is 6.20 Å². The number of aliphatic carboxylic acids is 1. The number of hydrogen-bond acceptors (Lipinski definition) is 7. The van der Waals surface area contributed by atoms with Crippen LogP contribution in [0.25, 0.3) is 10.9 Å². The van der Waals surface area contributed by atoms with Gasteiger partial charge in [-0.2, -0.15) is 0 Å². The molecule has 2 heterocycles. The van der Waals surface area contributed by atoms with E-state index in [2.05, 4.69) is 30.9 Å². The molecule has 0 saturated heterocycles. The summed E-state index contributed by atoms with van der Waals surface area (Å²) in [6, 6.07) is 4.53. The fourth-order valence-corrected chi connectivity index (χ4v) is 4.03. The van der Waals surface area contributed by atoms with E-state index in [-0.39, 0.29) is 12.8 Å². The highest BCUT2D eigenvalue weighted by molar-refractivity contribution is 5.94. The number of imidazole rings is 1. The number of unbranched alkanes of at least 4 members (excludes halogenated alkanes) is 1. The Hall–Kier alpha value is -4.23. The second-order valence-corrected chi connectivity index (χ2v) is 8.97. The maximum atomic E-state index is 13.5. The molecule has 0 bridgehead atoms. The Morgan fingerprint density at radius 1 is 0.974 bits per heavy atom. The number of aromatic amines is 2. The molecule has 0 saturated carbocycles.